The number of carbonyl (C=O) groups is 1. The number of amides is 1. The highest BCUT2D eigenvalue weighted by atomic mass is 79.9. The van der Waals surface area contributed by atoms with Crippen LogP contribution >= 0.6 is 47.8 Å². The first kappa shape index (κ1) is 22.2. The van der Waals surface area contributed by atoms with Gasteiger partial charge >= 0.3 is 0 Å². The second-order valence-electron chi connectivity index (χ2n) is 5.97. The first-order chi connectivity index (χ1) is 11.5. The van der Waals surface area contributed by atoms with Gasteiger partial charge in [0.15, 0.2) is 0 Å². The van der Waals surface area contributed by atoms with Gasteiger partial charge in [0, 0.05) is 20.3 Å². The lowest BCUT2D eigenvalue weighted by molar-refractivity contribution is -0.115. The second-order valence-corrected chi connectivity index (χ2v) is 9.18. The molecule has 6 heteroatoms. The molecular formula is C19H23Br3N2O. The van der Waals surface area contributed by atoms with Crippen LogP contribution in [0.25, 0.3) is 0 Å². The molecule has 3 N–H and O–H groups in total. The maximum atomic E-state index is 11.5. The molecule has 1 atom stereocenters. The van der Waals surface area contributed by atoms with E-state index >= 15 is 0 Å². The summed E-state index contributed by atoms with van der Waals surface area (Å²) in [6.07, 6.45) is 0. The maximum Gasteiger partial charge on any atom is 0.237 e. The highest BCUT2D eigenvalue weighted by molar-refractivity contribution is 9.10. The molecule has 2 rings (SSSR count). The first-order valence-electron chi connectivity index (χ1n) is 7.76. The van der Waals surface area contributed by atoms with Gasteiger partial charge in [-0.05, 0) is 81.1 Å². The number of hydrogen-bond donors (Lipinski definition) is 2. The van der Waals surface area contributed by atoms with Crippen molar-refractivity contribution < 1.29 is 4.79 Å². The highest BCUT2D eigenvalue weighted by Crippen LogP contribution is 2.25. The molecule has 0 aliphatic rings. The van der Waals surface area contributed by atoms with Crippen LogP contribution in [0.5, 0.6) is 0 Å². The molecule has 1 amide bonds. The first-order valence-corrected chi connectivity index (χ1v) is 10.3. The van der Waals surface area contributed by atoms with Crippen LogP contribution in [0.3, 0.4) is 0 Å². The number of carbonyl (C=O) groups excluding carboxylic acids is 1. The van der Waals surface area contributed by atoms with Crippen molar-refractivity contribution >= 4 is 65.1 Å². The van der Waals surface area contributed by atoms with Gasteiger partial charge in [-0.3, -0.25) is 4.79 Å². The van der Waals surface area contributed by atoms with Crippen molar-refractivity contribution in [2.24, 2.45) is 0 Å². The zero-order valence-corrected chi connectivity index (χ0v) is 19.8. The lowest BCUT2D eigenvalue weighted by Crippen LogP contribution is -2.21. The van der Waals surface area contributed by atoms with Crippen molar-refractivity contribution in [3.8, 4) is 0 Å². The highest BCUT2D eigenvalue weighted by Gasteiger charge is 2.12. The number of alkyl halides is 1. The number of nitrogen functional groups attached to an aromatic ring is 1. The molecule has 0 aliphatic heterocycles. The summed E-state index contributed by atoms with van der Waals surface area (Å²) in [6.45, 7) is 9.78. The van der Waals surface area contributed by atoms with Gasteiger partial charge in [0.25, 0.3) is 0 Å². The molecule has 0 heterocycles. The number of halogens is 3. The fraction of sp³-hybridized carbons (Fsp3) is 0.316. The van der Waals surface area contributed by atoms with Gasteiger partial charge in [-0.2, -0.15) is 0 Å². The number of rotatable bonds is 2. The monoisotopic (exact) mass is 532 g/mol. The third-order valence-corrected chi connectivity index (χ3v) is 5.00. The molecule has 2 aromatic rings. The molecule has 2 aromatic carbocycles. The van der Waals surface area contributed by atoms with Crippen molar-refractivity contribution in [1.29, 1.82) is 0 Å². The molecule has 0 fully saturated rings. The molecule has 0 spiro atoms. The Balaban J connectivity index is 0.000000271. The Labute approximate surface area is 175 Å². The summed E-state index contributed by atoms with van der Waals surface area (Å²) in [7, 11) is 0. The molecule has 0 bridgehead atoms. The number of nitrogens with one attached hydrogen (secondary N) is 1. The largest absolute Gasteiger partial charge is 0.398 e. The van der Waals surface area contributed by atoms with Crippen LogP contribution in [0.15, 0.2) is 33.2 Å². The summed E-state index contributed by atoms with van der Waals surface area (Å²) in [4.78, 5) is 11.4. The Morgan fingerprint density at radius 1 is 0.920 bits per heavy atom. The average Bonchev–Trinajstić information content (AvgIpc) is 2.48. The van der Waals surface area contributed by atoms with Crippen molar-refractivity contribution in [3.05, 3.63) is 55.5 Å². The van der Waals surface area contributed by atoms with Crippen molar-refractivity contribution in [3.63, 3.8) is 0 Å². The minimum atomic E-state index is -0.181. The smallest absolute Gasteiger partial charge is 0.237 e. The van der Waals surface area contributed by atoms with E-state index in [1.165, 1.54) is 0 Å². The van der Waals surface area contributed by atoms with Gasteiger partial charge in [-0.25, -0.2) is 0 Å². The van der Waals surface area contributed by atoms with Gasteiger partial charge < -0.3 is 11.1 Å². The van der Waals surface area contributed by atoms with Crippen LogP contribution in [0.4, 0.5) is 11.4 Å². The summed E-state index contributed by atoms with van der Waals surface area (Å²) >= 11 is 10.1. The molecule has 0 aliphatic carbocycles. The van der Waals surface area contributed by atoms with Gasteiger partial charge in [-0.15, -0.1) is 0 Å². The predicted molar refractivity (Wildman–Crippen MR) is 119 cm³/mol. The van der Waals surface area contributed by atoms with E-state index in [2.05, 4.69) is 53.1 Å². The minimum Gasteiger partial charge on any atom is -0.398 e. The Bertz CT molecular complexity index is 727. The van der Waals surface area contributed by atoms with Gasteiger partial charge in [0.1, 0.15) is 0 Å². The summed E-state index contributed by atoms with van der Waals surface area (Å²) < 4.78 is 2.12. The van der Waals surface area contributed by atoms with E-state index in [0.717, 1.165) is 42.6 Å². The van der Waals surface area contributed by atoms with Gasteiger partial charge in [0.05, 0.1) is 4.83 Å². The van der Waals surface area contributed by atoms with Gasteiger partial charge in [-0.1, -0.05) is 47.8 Å². The third kappa shape index (κ3) is 6.76. The number of anilines is 2. The van der Waals surface area contributed by atoms with E-state index < -0.39 is 0 Å². The van der Waals surface area contributed by atoms with Crippen molar-refractivity contribution in [1.82, 2.24) is 0 Å². The standard InChI is InChI=1S/C11H13Br2NO.C8H10BrN/c1-6-4-9(13)5-7(2)10(6)14-11(15)8(3)12;1-5-3-7(9)4-6(2)8(5)10/h4-5,8H,1-3H3,(H,14,15);3-4H,10H2,1-2H3. The van der Waals surface area contributed by atoms with E-state index in [9.17, 15) is 4.79 Å². The molecule has 0 saturated carbocycles. The third-order valence-electron chi connectivity index (χ3n) is 3.67. The summed E-state index contributed by atoms with van der Waals surface area (Å²) in [5.41, 5.74) is 11.9. The number of benzene rings is 2. The Morgan fingerprint density at radius 2 is 1.28 bits per heavy atom. The lowest BCUT2D eigenvalue weighted by atomic mass is 10.1. The van der Waals surface area contributed by atoms with E-state index in [1.807, 2.05) is 52.0 Å². The maximum absolute atomic E-state index is 11.5. The molecular weight excluding hydrogens is 512 g/mol. The fourth-order valence-electron chi connectivity index (χ4n) is 2.25. The fourth-order valence-corrected chi connectivity index (χ4v) is 3.74. The lowest BCUT2D eigenvalue weighted by Gasteiger charge is -2.13. The second kappa shape index (κ2) is 9.74. The molecule has 0 saturated heterocycles. The van der Waals surface area contributed by atoms with E-state index in [0.29, 0.717) is 0 Å². The topological polar surface area (TPSA) is 55.1 Å². The minimum absolute atomic E-state index is 0.0245. The SMILES string of the molecule is Cc1cc(Br)cc(C)c1N.Cc1cc(Br)cc(C)c1NC(=O)C(C)Br. The molecule has 1 unspecified atom stereocenters. The number of aryl methyl sites for hydroxylation is 4. The zero-order valence-electron chi connectivity index (χ0n) is 15.0. The van der Waals surface area contributed by atoms with Crippen LogP contribution in [0.2, 0.25) is 0 Å². The molecule has 3 nitrogen and oxygen atoms in total. The van der Waals surface area contributed by atoms with Crippen molar-refractivity contribution in [2.45, 2.75) is 39.4 Å². The van der Waals surface area contributed by atoms with Crippen LogP contribution in [0, 0.1) is 27.7 Å². The van der Waals surface area contributed by atoms with E-state index in [-0.39, 0.29) is 10.7 Å². The molecule has 136 valence electrons. The summed E-state index contributed by atoms with van der Waals surface area (Å²) in [5, 5.41) is 2.90. The average molecular weight is 535 g/mol. The predicted octanol–water partition coefficient (Wildman–Crippen LogP) is 6.44. The Kier molecular flexibility index (Phi) is 8.64. The van der Waals surface area contributed by atoms with Crippen LogP contribution in [0.1, 0.15) is 29.2 Å². The van der Waals surface area contributed by atoms with Crippen LogP contribution < -0.4 is 11.1 Å². The van der Waals surface area contributed by atoms with Crippen LogP contribution in [-0.4, -0.2) is 10.7 Å². The van der Waals surface area contributed by atoms with E-state index in [4.69, 9.17) is 5.73 Å². The summed E-state index contributed by atoms with van der Waals surface area (Å²) in [5.74, 6) is -0.0245. The Hall–Kier alpha value is -0.850. The van der Waals surface area contributed by atoms with E-state index in [1.54, 1.807) is 6.92 Å². The Morgan fingerprint density at radius 3 is 1.64 bits per heavy atom. The zero-order chi connectivity index (χ0) is 19.3. The molecule has 0 aromatic heterocycles. The quantitative estimate of drug-likeness (QED) is 0.344. The van der Waals surface area contributed by atoms with Gasteiger partial charge in [0.2, 0.25) is 5.91 Å². The summed E-state index contributed by atoms with van der Waals surface area (Å²) in [6, 6.07) is 8.01. The molecule has 25 heavy (non-hydrogen) atoms. The number of hydrogen-bond acceptors (Lipinski definition) is 2. The molecule has 0 radical (unpaired) electrons. The normalized spacial score (nSPS) is 11.4. The van der Waals surface area contributed by atoms with Crippen LogP contribution in [-0.2, 0) is 4.79 Å². The number of nitrogens with two attached hydrogens (primary N) is 1. The van der Waals surface area contributed by atoms with Crippen molar-refractivity contribution in [2.75, 3.05) is 11.1 Å².